The van der Waals surface area contributed by atoms with E-state index < -0.39 is 4.92 Å². The number of para-hydroxylation sites is 1. The highest BCUT2D eigenvalue weighted by atomic mass is 16.6. The summed E-state index contributed by atoms with van der Waals surface area (Å²) in [4.78, 5) is 27.1. The highest BCUT2D eigenvalue weighted by Gasteiger charge is 2.20. The number of carbonyl (C=O) groups is 1. The van der Waals surface area contributed by atoms with Gasteiger partial charge in [0.15, 0.2) is 0 Å². The van der Waals surface area contributed by atoms with Crippen molar-refractivity contribution < 1.29 is 9.72 Å². The number of rotatable bonds is 5. The second kappa shape index (κ2) is 8.60. The van der Waals surface area contributed by atoms with Crippen molar-refractivity contribution in [3.63, 3.8) is 0 Å². The summed E-state index contributed by atoms with van der Waals surface area (Å²) in [7, 11) is 0. The first kappa shape index (κ1) is 18.8. The third-order valence-electron chi connectivity index (χ3n) is 4.75. The van der Waals surface area contributed by atoms with Gasteiger partial charge in [-0.25, -0.2) is 0 Å². The maximum absolute atomic E-state index is 12.4. The van der Waals surface area contributed by atoms with Crippen LogP contribution in [0.25, 0.3) is 6.08 Å². The molecule has 1 amide bonds. The molecule has 1 fully saturated rings. The van der Waals surface area contributed by atoms with E-state index in [1.165, 1.54) is 29.3 Å². The van der Waals surface area contributed by atoms with Crippen LogP contribution in [0.3, 0.4) is 0 Å². The van der Waals surface area contributed by atoms with E-state index in [0.717, 1.165) is 19.6 Å². The number of nitro groups is 1. The van der Waals surface area contributed by atoms with Crippen molar-refractivity contribution in [2.75, 3.05) is 26.2 Å². The second-order valence-corrected chi connectivity index (χ2v) is 6.74. The van der Waals surface area contributed by atoms with Gasteiger partial charge in [-0.3, -0.25) is 19.8 Å². The number of piperazine rings is 1. The summed E-state index contributed by atoms with van der Waals surface area (Å²) in [5.41, 5.74) is 2.97. The van der Waals surface area contributed by atoms with Crippen molar-refractivity contribution >= 4 is 17.7 Å². The Morgan fingerprint density at radius 1 is 1.07 bits per heavy atom. The Morgan fingerprint density at radius 3 is 2.41 bits per heavy atom. The molecule has 0 radical (unpaired) electrons. The summed E-state index contributed by atoms with van der Waals surface area (Å²) >= 11 is 0. The number of hydrogen-bond acceptors (Lipinski definition) is 4. The molecule has 1 saturated heterocycles. The minimum Gasteiger partial charge on any atom is -0.337 e. The Labute approximate surface area is 158 Å². The number of hydrogen-bond donors (Lipinski definition) is 0. The van der Waals surface area contributed by atoms with E-state index in [4.69, 9.17) is 0 Å². The molecule has 1 heterocycles. The smallest absolute Gasteiger partial charge is 0.276 e. The number of nitrogens with zero attached hydrogens (tertiary/aromatic N) is 3. The molecule has 140 valence electrons. The molecule has 0 spiro atoms. The van der Waals surface area contributed by atoms with Crippen molar-refractivity contribution in [2.45, 2.75) is 13.5 Å². The Balaban J connectivity index is 1.54. The zero-order valence-corrected chi connectivity index (χ0v) is 15.4. The molecule has 0 N–H and O–H groups in total. The molecule has 3 rings (SSSR count). The molecule has 0 aromatic heterocycles. The van der Waals surface area contributed by atoms with E-state index in [-0.39, 0.29) is 11.6 Å². The monoisotopic (exact) mass is 365 g/mol. The van der Waals surface area contributed by atoms with Gasteiger partial charge in [0.05, 0.1) is 10.5 Å². The van der Waals surface area contributed by atoms with Gasteiger partial charge in [0, 0.05) is 44.9 Å². The minimum atomic E-state index is -0.437. The topological polar surface area (TPSA) is 66.7 Å². The standard InChI is InChI=1S/C21H23N3O3/c1-17-6-8-18(9-7-17)16-22-12-14-23(15-13-22)21(25)11-10-19-4-2-3-5-20(19)24(26)27/h2-11H,12-16H2,1H3. The summed E-state index contributed by atoms with van der Waals surface area (Å²) in [6, 6.07) is 14.9. The van der Waals surface area contributed by atoms with Crippen LogP contribution in [0.2, 0.25) is 0 Å². The van der Waals surface area contributed by atoms with Crippen LogP contribution in [0, 0.1) is 17.0 Å². The average molecular weight is 365 g/mol. The number of nitro benzene ring substituents is 1. The Bertz CT molecular complexity index is 838. The van der Waals surface area contributed by atoms with Crippen molar-refractivity contribution in [2.24, 2.45) is 0 Å². The molecular formula is C21H23N3O3. The Hall–Kier alpha value is -2.99. The molecule has 6 heteroatoms. The molecule has 2 aromatic rings. The summed E-state index contributed by atoms with van der Waals surface area (Å²) < 4.78 is 0. The van der Waals surface area contributed by atoms with Gasteiger partial charge in [-0.2, -0.15) is 0 Å². The van der Waals surface area contributed by atoms with E-state index in [2.05, 4.69) is 36.1 Å². The highest BCUT2D eigenvalue weighted by Crippen LogP contribution is 2.19. The van der Waals surface area contributed by atoms with Crippen molar-refractivity contribution in [3.05, 3.63) is 81.4 Å². The van der Waals surface area contributed by atoms with Crippen molar-refractivity contribution in [1.29, 1.82) is 0 Å². The lowest BCUT2D eigenvalue weighted by atomic mass is 10.1. The molecule has 1 aliphatic heterocycles. The first-order chi connectivity index (χ1) is 13.0. The lowest BCUT2D eigenvalue weighted by Crippen LogP contribution is -2.47. The predicted molar refractivity (Wildman–Crippen MR) is 105 cm³/mol. The largest absolute Gasteiger partial charge is 0.337 e. The maximum Gasteiger partial charge on any atom is 0.276 e. The van der Waals surface area contributed by atoms with Gasteiger partial charge < -0.3 is 4.90 Å². The van der Waals surface area contributed by atoms with Crippen LogP contribution in [0.1, 0.15) is 16.7 Å². The van der Waals surface area contributed by atoms with Crippen LogP contribution in [-0.4, -0.2) is 46.8 Å². The SMILES string of the molecule is Cc1ccc(CN2CCN(C(=O)C=Cc3ccccc3[N+](=O)[O-])CC2)cc1. The molecule has 0 saturated carbocycles. The van der Waals surface area contributed by atoms with E-state index in [9.17, 15) is 14.9 Å². The normalized spacial score (nSPS) is 15.2. The second-order valence-electron chi connectivity index (χ2n) is 6.74. The quantitative estimate of drug-likeness (QED) is 0.463. The van der Waals surface area contributed by atoms with Crippen LogP contribution >= 0.6 is 0 Å². The van der Waals surface area contributed by atoms with Crippen molar-refractivity contribution in [1.82, 2.24) is 9.80 Å². The van der Waals surface area contributed by atoms with E-state index in [1.807, 2.05) is 0 Å². The Morgan fingerprint density at radius 2 is 1.74 bits per heavy atom. The van der Waals surface area contributed by atoms with Crippen LogP contribution in [-0.2, 0) is 11.3 Å². The van der Waals surface area contributed by atoms with Gasteiger partial charge in [0.1, 0.15) is 0 Å². The van der Waals surface area contributed by atoms with E-state index >= 15 is 0 Å². The number of benzene rings is 2. The maximum atomic E-state index is 12.4. The van der Waals surface area contributed by atoms with Crippen LogP contribution in [0.15, 0.2) is 54.6 Å². The fourth-order valence-electron chi connectivity index (χ4n) is 3.14. The summed E-state index contributed by atoms with van der Waals surface area (Å²) in [6.07, 6.45) is 2.96. The fourth-order valence-corrected chi connectivity index (χ4v) is 3.14. The molecule has 0 aliphatic carbocycles. The molecule has 2 aromatic carbocycles. The predicted octanol–water partition coefficient (Wildman–Crippen LogP) is 3.26. The van der Waals surface area contributed by atoms with Gasteiger partial charge in [-0.1, -0.05) is 42.0 Å². The van der Waals surface area contributed by atoms with Gasteiger partial charge in [-0.15, -0.1) is 0 Å². The lowest BCUT2D eigenvalue weighted by Gasteiger charge is -2.34. The average Bonchev–Trinajstić information content (AvgIpc) is 2.68. The Kier molecular flexibility index (Phi) is 5.98. The highest BCUT2D eigenvalue weighted by molar-refractivity contribution is 5.92. The summed E-state index contributed by atoms with van der Waals surface area (Å²) in [5, 5.41) is 11.0. The molecule has 6 nitrogen and oxygen atoms in total. The zero-order chi connectivity index (χ0) is 19.2. The van der Waals surface area contributed by atoms with Crippen LogP contribution in [0.5, 0.6) is 0 Å². The summed E-state index contributed by atoms with van der Waals surface area (Å²) in [6.45, 7) is 5.91. The van der Waals surface area contributed by atoms with E-state index in [0.29, 0.717) is 18.7 Å². The van der Waals surface area contributed by atoms with E-state index in [1.54, 1.807) is 23.1 Å². The minimum absolute atomic E-state index is 0.00414. The third kappa shape index (κ3) is 5.01. The first-order valence-electron chi connectivity index (χ1n) is 9.01. The lowest BCUT2D eigenvalue weighted by molar-refractivity contribution is -0.385. The van der Waals surface area contributed by atoms with Gasteiger partial charge in [0.25, 0.3) is 5.69 Å². The van der Waals surface area contributed by atoms with Crippen LogP contribution < -0.4 is 0 Å². The van der Waals surface area contributed by atoms with Crippen LogP contribution in [0.4, 0.5) is 5.69 Å². The molecule has 0 bridgehead atoms. The number of carbonyl (C=O) groups excluding carboxylic acids is 1. The molecule has 0 unspecified atom stereocenters. The molecule has 0 atom stereocenters. The fraction of sp³-hybridized carbons (Fsp3) is 0.286. The van der Waals surface area contributed by atoms with Crippen molar-refractivity contribution in [3.8, 4) is 0 Å². The number of aryl methyl sites for hydroxylation is 1. The zero-order valence-electron chi connectivity index (χ0n) is 15.4. The number of amides is 1. The van der Waals surface area contributed by atoms with Gasteiger partial charge in [0.2, 0.25) is 5.91 Å². The molecular weight excluding hydrogens is 342 g/mol. The van der Waals surface area contributed by atoms with Gasteiger partial charge in [-0.05, 0) is 24.6 Å². The first-order valence-corrected chi connectivity index (χ1v) is 9.01. The molecule has 1 aliphatic rings. The van der Waals surface area contributed by atoms with Gasteiger partial charge >= 0.3 is 0 Å². The summed E-state index contributed by atoms with van der Waals surface area (Å²) in [5.74, 6) is -0.108. The molecule has 27 heavy (non-hydrogen) atoms. The third-order valence-corrected chi connectivity index (χ3v) is 4.75.